The van der Waals surface area contributed by atoms with E-state index in [0.717, 1.165) is 5.56 Å². The van der Waals surface area contributed by atoms with Gasteiger partial charge in [0.2, 0.25) is 0 Å². The van der Waals surface area contributed by atoms with Crippen LogP contribution in [0.4, 0.5) is 0 Å². The lowest BCUT2D eigenvalue weighted by molar-refractivity contribution is 0.465. The zero-order chi connectivity index (χ0) is 9.10. The molecule has 13 heavy (non-hydrogen) atoms. The molecule has 1 unspecified atom stereocenters. The van der Waals surface area contributed by atoms with Crippen molar-refractivity contribution in [3.63, 3.8) is 0 Å². The van der Waals surface area contributed by atoms with E-state index in [9.17, 15) is 5.11 Å². The summed E-state index contributed by atoms with van der Waals surface area (Å²) in [5.41, 5.74) is 1.12. The van der Waals surface area contributed by atoms with Gasteiger partial charge in [0.05, 0.1) is 0 Å². The predicted molar refractivity (Wildman–Crippen MR) is 57.2 cm³/mol. The van der Waals surface area contributed by atoms with Crippen LogP contribution in [-0.2, 0) is 0 Å². The fraction of sp³-hybridized carbons (Fsp3) is 0.455. The average molecular weight is 194 g/mol. The molecule has 2 rings (SSSR count). The van der Waals surface area contributed by atoms with Gasteiger partial charge in [0.15, 0.2) is 0 Å². The first kappa shape index (κ1) is 8.95. The molecule has 1 nitrogen and oxygen atoms in total. The van der Waals surface area contributed by atoms with Crippen LogP contribution < -0.4 is 0 Å². The molecule has 0 radical (unpaired) electrons. The molecule has 1 atom stereocenters. The molecule has 0 saturated carbocycles. The van der Waals surface area contributed by atoms with Gasteiger partial charge in [-0.2, -0.15) is 11.8 Å². The van der Waals surface area contributed by atoms with Crippen molar-refractivity contribution in [1.29, 1.82) is 0 Å². The molecule has 0 aromatic heterocycles. The van der Waals surface area contributed by atoms with Crippen molar-refractivity contribution in [2.75, 3.05) is 5.75 Å². The molecular weight excluding hydrogens is 180 g/mol. The van der Waals surface area contributed by atoms with Crippen molar-refractivity contribution in [2.24, 2.45) is 0 Å². The van der Waals surface area contributed by atoms with Crippen molar-refractivity contribution in [3.8, 4) is 5.75 Å². The van der Waals surface area contributed by atoms with Crippen LogP contribution >= 0.6 is 11.8 Å². The SMILES string of the molecule is Oc1ccccc1C1CCCCS1. The normalized spacial score (nSPS) is 22.9. The smallest absolute Gasteiger partial charge is 0.119 e. The molecule has 1 aliphatic heterocycles. The van der Waals surface area contributed by atoms with E-state index in [0.29, 0.717) is 11.0 Å². The maximum atomic E-state index is 9.65. The summed E-state index contributed by atoms with van der Waals surface area (Å²) in [5, 5.41) is 10.2. The molecule has 1 saturated heterocycles. The van der Waals surface area contributed by atoms with Crippen LogP contribution in [0.25, 0.3) is 0 Å². The van der Waals surface area contributed by atoms with Gasteiger partial charge in [-0.1, -0.05) is 24.6 Å². The van der Waals surface area contributed by atoms with Crippen LogP contribution in [0, 0.1) is 0 Å². The quantitative estimate of drug-likeness (QED) is 0.739. The topological polar surface area (TPSA) is 20.2 Å². The van der Waals surface area contributed by atoms with Crippen LogP contribution in [0.2, 0.25) is 0 Å². The number of rotatable bonds is 1. The lowest BCUT2D eigenvalue weighted by Crippen LogP contribution is -2.01. The van der Waals surface area contributed by atoms with E-state index >= 15 is 0 Å². The van der Waals surface area contributed by atoms with E-state index in [2.05, 4.69) is 0 Å². The molecule has 1 aromatic rings. The van der Waals surface area contributed by atoms with Crippen LogP contribution in [-0.4, -0.2) is 10.9 Å². The van der Waals surface area contributed by atoms with E-state index in [4.69, 9.17) is 0 Å². The second kappa shape index (κ2) is 4.05. The van der Waals surface area contributed by atoms with Crippen LogP contribution in [0.5, 0.6) is 5.75 Å². The Hall–Kier alpha value is -0.630. The summed E-state index contributed by atoms with van der Waals surface area (Å²) < 4.78 is 0. The van der Waals surface area contributed by atoms with Crippen LogP contribution in [0.1, 0.15) is 30.1 Å². The number of benzene rings is 1. The molecule has 1 heterocycles. The Kier molecular flexibility index (Phi) is 2.79. The summed E-state index contributed by atoms with van der Waals surface area (Å²) >= 11 is 1.97. The molecule has 70 valence electrons. The van der Waals surface area contributed by atoms with Crippen molar-refractivity contribution >= 4 is 11.8 Å². The molecule has 1 fully saturated rings. The van der Waals surface area contributed by atoms with Gasteiger partial charge < -0.3 is 5.11 Å². The minimum absolute atomic E-state index is 0.460. The van der Waals surface area contributed by atoms with Gasteiger partial charge in [0.1, 0.15) is 5.75 Å². The zero-order valence-electron chi connectivity index (χ0n) is 7.57. The first-order chi connectivity index (χ1) is 6.38. The molecule has 0 bridgehead atoms. The standard InChI is InChI=1S/C11H14OS/c12-10-6-2-1-5-9(10)11-7-3-4-8-13-11/h1-2,5-6,11-12H,3-4,7-8H2. The Morgan fingerprint density at radius 2 is 2.08 bits per heavy atom. The van der Waals surface area contributed by atoms with Crippen molar-refractivity contribution in [2.45, 2.75) is 24.5 Å². The minimum atomic E-state index is 0.460. The zero-order valence-corrected chi connectivity index (χ0v) is 8.39. The first-order valence-corrected chi connectivity index (χ1v) is 5.82. The number of aromatic hydroxyl groups is 1. The maximum Gasteiger partial charge on any atom is 0.119 e. The second-order valence-electron chi connectivity index (χ2n) is 3.41. The first-order valence-electron chi connectivity index (χ1n) is 4.77. The van der Waals surface area contributed by atoms with Gasteiger partial charge in [-0.25, -0.2) is 0 Å². The number of hydrogen-bond acceptors (Lipinski definition) is 2. The molecule has 1 aromatic carbocycles. The molecule has 0 aliphatic carbocycles. The fourth-order valence-corrected chi connectivity index (χ4v) is 3.11. The second-order valence-corrected chi connectivity index (χ2v) is 4.72. The van der Waals surface area contributed by atoms with E-state index in [1.165, 1.54) is 25.0 Å². The number of phenols is 1. The Morgan fingerprint density at radius 3 is 2.77 bits per heavy atom. The van der Waals surface area contributed by atoms with Gasteiger partial charge >= 0.3 is 0 Å². The number of para-hydroxylation sites is 1. The Balaban J connectivity index is 2.18. The van der Waals surface area contributed by atoms with Crippen LogP contribution in [0.3, 0.4) is 0 Å². The summed E-state index contributed by atoms with van der Waals surface area (Å²) in [4.78, 5) is 0. The molecule has 2 heteroatoms. The summed E-state index contributed by atoms with van der Waals surface area (Å²) in [6.45, 7) is 0. The highest BCUT2D eigenvalue weighted by molar-refractivity contribution is 7.99. The molecular formula is C11H14OS. The van der Waals surface area contributed by atoms with E-state index in [-0.39, 0.29) is 0 Å². The van der Waals surface area contributed by atoms with Crippen LogP contribution in [0.15, 0.2) is 24.3 Å². The van der Waals surface area contributed by atoms with E-state index < -0.39 is 0 Å². The maximum absolute atomic E-state index is 9.65. The van der Waals surface area contributed by atoms with Gasteiger partial charge in [-0.3, -0.25) is 0 Å². The minimum Gasteiger partial charge on any atom is -0.508 e. The lowest BCUT2D eigenvalue weighted by atomic mass is 10.1. The summed E-state index contributed by atoms with van der Waals surface area (Å²) in [5.74, 6) is 1.70. The van der Waals surface area contributed by atoms with E-state index in [1.807, 2.05) is 30.0 Å². The van der Waals surface area contributed by atoms with Gasteiger partial charge in [-0.05, 0) is 24.7 Å². The average Bonchev–Trinajstić information content (AvgIpc) is 2.20. The largest absolute Gasteiger partial charge is 0.508 e. The third-order valence-corrected chi connectivity index (χ3v) is 3.88. The number of thioether (sulfide) groups is 1. The van der Waals surface area contributed by atoms with Crippen molar-refractivity contribution in [1.82, 2.24) is 0 Å². The van der Waals surface area contributed by atoms with Crippen molar-refractivity contribution in [3.05, 3.63) is 29.8 Å². The summed E-state index contributed by atoms with van der Waals surface area (Å²) in [6.07, 6.45) is 3.84. The third-order valence-electron chi connectivity index (χ3n) is 2.46. The lowest BCUT2D eigenvalue weighted by Gasteiger charge is -2.22. The number of phenolic OH excluding ortho intramolecular Hbond substituents is 1. The number of hydrogen-bond donors (Lipinski definition) is 1. The van der Waals surface area contributed by atoms with Gasteiger partial charge in [0, 0.05) is 10.8 Å². The molecule has 0 spiro atoms. The molecule has 1 aliphatic rings. The van der Waals surface area contributed by atoms with Gasteiger partial charge in [-0.15, -0.1) is 0 Å². The highest BCUT2D eigenvalue weighted by Gasteiger charge is 2.18. The Morgan fingerprint density at radius 1 is 1.23 bits per heavy atom. The highest BCUT2D eigenvalue weighted by Crippen LogP contribution is 2.41. The van der Waals surface area contributed by atoms with Gasteiger partial charge in [0.25, 0.3) is 0 Å². The monoisotopic (exact) mass is 194 g/mol. The highest BCUT2D eigenvalue weighted by atomic mass is 32.2. The Labute approximate surface area is 83.2 Å². The van der Waals surface area contributed by atoms with Crippen molar-refractivity contribution < 1.29 is 5.11 Å². The van der Waals surface area contributed by atoms with E-state index in [1.54, 1.807) is 6.07 Å². The summed E-state index contributed by atoms with van der Waals surface area (Å²) in [6, 6.07) is 7.71. The summed E-state index contributed by atoms with van der Waals surface area (Å²) in [7, 11) is 0. The third kappa shape index (κ3) is 1.99. The predicted octanol–water partition coefficient (Wildman–Crippen LogP) is 3.35. The Bertz CT molecular complexity index is 279. The fourth-order valence-electron chi connectivity index (χ4n) is 1.75. The molecule has 1 N–H and O–H groups in total. The molecule has 0 amide bonds.